The summed E-state index contributed by atoms with van der Waals surface area (Å²) in [4.78, 5) is 8.71. The maximum Gasteiger partial charge on any atom is 0.130 e. The minimum absolute atomic E-state index is 0.297. The van der Waals surface area contributed by atoms with Gasteiger partial charge in [-0.3, -0.25) is 0 Å². The summed E-state index contributed by atoms with van der Waals surface area (Å²) >= 11 is 12.0. The van der Waals surface area contributed by atoms with Gasteiger partial charge in [0.05, 0.1) is 5.54 Å². The molecule has 0 unspecified atom stereocenters. The smallest absolute Gasteiger partial charge is 0.130 e. The summed E-state index contributed by atoms with van der Waals surface area (Å²) in [6.45, 7) is 6.02. The Bertz CT molecular complexity index is 357. The Kier molecular flexibility index (Phi) is 5.47. The van der Waals surface area contributed by atoms with E-state index in [4.69, 9.17) is 23.2 Å². The summed E-state index contributed by atoms with van der Waals surface area (Å²) in [5.74, 6) is 2.48. The molecule has 0 aliphatic rings. The first-order chi connectivity index (χ1) is 8.09. The molecule has 0 amide bonds. The molecular formula is C12H19Cl2N3. The van der Waals surface area contributed by atoms with E-state index in [1.807, 2.05) is 13.0 Å². The van der Waals surface area contributed by atoms with Crippen molar-refractivity contribution in [1.82, 2.24) is 9.97 Å². The molecule has 0 radical (unpaired) electrons. The molecule has 17 heavy (non-hydrogen) atoms. The van der Waals surface area contributed by atoms with E-state index >= 15 is 0 Å². The van der Waals surface area contributed by atoms with Gasteiger partial charge in [-0.2, -0.15) is 0 Å². The average molecular weight is 276 g/mol. The van der Waals surface area contributed by atoms with Gasteiger partial charge in [0.2, 0.25) is 0 Å². The number of anilines is 1. The zero-order valence-electron chi connectivity index (χ0n) is 10.6. The molecule has 0 atom stereocenters. The fourth-order valence-electron chi connectivity index (χ4n) is 1.53. The molecule has 0 saturated carbocycles. The molecule has 0 aliphatic heterocycles. The summed E-state index contributed by atoms with van der Waals surface area (Å²) in [5, 5.41) is 3.34. The Morgan fingerprint density at radius 1 is 1.24 bits per heavy atom. The van der Waals surface area contributed by atoms with Crippen LogP contribution in [0.1, 0.15) is 31.8 Å². The van der Waals surface area contributed by atoms with Crippen molar-refractivity contribution in [3.63, 3.8) is 0 Å². The third-order valence-corrected chi connectivity index (χ3v) is 3.86. The molecule has 1 rings (SSSR count). The fourth-order valence-corrected chi connectivity index (χ4v) is 2.32. The molecule has 0 spiro atoms. The van der Waals surface area contributed by atoms with Gasteiger partial charge in [-0.15, -0.1) is 23.2 Å². The highest BCUT2D eigenvalue weighted by Gasteiger charge is 2.26. The average Bonchev–Trinajstić information content (AvgIpc) is 2.35. The Labute approximate surface area is 113 Å². The second-order valence-electron chi connectivity index (χ2n) is 4.17. The number of hydrogen-bond acceptors (Lipinski definition) is 3. The number of aryl methyl sites for hydroxylation is 2. The van der Waals surface area contributed by atoms with Gasteiger partial charge in [-0.05, 0) is 19.8 Å². The largest absolute Gasteiger partial charge is 0.362 e. The molecule has 0 fully saturated rings. The number of alkyl halides is 2. The van der Waals surface area contributed by atoms with E-state index in [-0.39, 0.29) is 5.54 Å². The number of aromatic nitrogens is 2. The van der Waals surface area contributed by atoms with Gasteiger partial charge >= 0.3 is 0 Å². The van der Waals surface area contributed by atoms with Crippen LogP contribution in [0.25, 0.3) is 0 Å². The minimum atomic E-state index is -0.297. The molecule has 0 bridgehead atoms. The first kappa shape index (κ1) is 14.5. The predicted molar refractivity (Wildman–Crippen MR) is 74.2 cm³/mol. The first-order valence-electron chi connectivity index (χ1n) is 5.83. The molecule has 1 N–H and O–H groups in total. The number of rotatable bonds is 6. The zero-order chi connectivity index (χ0) is 12.9. The SMILES string of the molecule is CCc1cc(NC(CC)(CCl)CCl)nc(C)n1. The molecule has 0 aromatic carbocycles. The topological polar surface area (TPSA) is 37.8 Å². The highest BCUT2D eigenvalue weighted by Crippen LogP contribution is 2.21. The van der Waals surface area contributed by atoms with Crippen molar-refractivity contribution in [3.05, 3.63) is 17.6 Å². The Balaban J connectivity index is 2.96. The van der Waals surface area contributed by atoms with Crippen molar-refractivity contribution in [2.75, 3.05) is 17.1 Å². The lowest BCUT2D eigenvalue weighted by molar-refractivity contribution is 0.557. The summed E-state index contributed by atoms with van der Waals surface area (Å²) in [6.07, 6.45) is 1.74. The van der Waals surface area contributed by atoms with Crippen LogP contribution in [0.15, 0.2) is 6.07 Å². The van der Waals surface area contributed by atoms with Gasteiger partial charge in [0.15, 0.2) is 0 Å². The summed E-state index contributed by atoms with van der Waals surface area (Å²) in [7, 11) is 0. The maximum atomic E-state index is 6.00. The standard InChI is InChI=1S/C12H19Cl2N3/c1-4-10-6-11(16-9(3)15-10)17-12(5-2,7-13)8-14/h6H,4-5,7-8H2,1-3H3,(H,15,16,17). The van der Waals surface area contributed by atoms with Crippen molar-refractivity contribution >= 4 is 29.0 Å². The van der Waals surface area contributed by atoms with Crippen molar-refractivity contribution in [3.8, 4) is 0 Å². The molecular weight excluding hydrogens is 257 g/mol. The third-order valence-electron chi connectivity index (χ3n) is 2.83. The highest BCUT2D eigenvalue weighted by atomic mass is 35.5. The van der Waals surface area contributed by atoms with Crippen molar-refractivity contribution < 1.29 is 0 Å². The summed E-state index contributed by atoms with van der Waals surface area (Å²) < 4.78 is 0. The fraction of sp³-hybridized carbons (Fsp3) is 0.667. The minimum Gasteiger partial charge on any atom is -0.362 e. The Morgan fingerprint density at radius 2 is 1.88 bits per heavy atom. The lowest BCUT2D eigenvalue weighted by atomic mass is 10.0. The number of nitrogens with zero attached hydrogens (tertiary/aromatic N) is 2. The van der Waals surface area contributed by atoms with E-state index in [1.165, 1.54) is 0 Å². The van der Waals surface area contributed by atoms with Gasteiger partial charge in [-0.1, -0.05) is 13.8 Å². The van der Waals surface area contributed by atoms with Crippen LogP contribution >= 0.6 is 23.2 Å². The molecule has 3 nitrogen and oxygen atoms in total. The first-order valence-corrected chi connectivity index (χ1v) is 6.90. The van der Waals surface area contributed by atoms with Crippen LogP contribution in [0.3, 0.4) is 0 Å². The molecule has 5 heteroatoms. The lowest BCUT2D eigenvalue weighted by Crippen LogP contribution is -2.42. The van der Waals surface area contributed by atoms with Crippen LogP contribution < -0.4 is 5.32 Å². The van der Waals surface area contributed by atoms with Crippen LogP contribution in [0.5, 0.6) is 0 Å². The van der Waals surface area contributed by atoms with Crippen molar-refractivity contribution in [2.45, 2.75) is 39.2 Å². The van der Waals surface area contributed by atoms with Gasteiger partial charge < -0.3 is 5.32 Å². The van der Waals surface area contributed by atoms with E-state index in [2.05, 4.69) is 29.1 Å². The van der Waals surface area contributed by atoms with Crippen LogP contribution in [-0.4, -0.2) is 27.3 Å². The zero-order valence-corrected chi connectivity index (χ0v) is 12.1. The predicted octanol–water partition coefficient (Wildman–Crippen LogP) is 3.39. The molecule has 0 saturated heterocycles. The van der Waals surface area contributed by atoms with E-state index < -0.39 is 0 Å². The van der Waals surface area contributed by atoms with E-state index in [9.17, 15) is 0 Å². The van der Waals surface area contributed by atoms with Crippen LogP contribution in [-0.2, 0) is 6.42 Å². The van der Waals surface area contributed by atoms with Crippen molar-refractivity contribution in [1.29, 1.82) is 0 Å². The summed E-state index contributed by atoms with van der Waals surface area (Å²) in [6, 6.07) is 1.95. The van der Waals surface area contributed by atoms with Gasteiger partial charge in [0.25, 0.3) is 0 Å². The van der Waals surface area contributed by atoms with E-state index in [0.717, 1.165) is 30.2 Å². The maximum absolute atomic E-state index is 6.00. The quantitative estimate of drug-likeness (QED) is 0.809. The van der Waals surface area contributed by atoms with Gasteiger partial charge in [-0.25, -0.2) is 9.97 Å². The normalized spacial score (nSPS) is 11.6. The van der Waals surface area contributed by atoms with Crippen molar-refractivity contribution in [2.24, 2.45) is 0 Å². The lowest BCUT2D eigenvalue weighted by Gasteiger charge is -2.30. The Hall–Kier alpha value is -0.540. The number of nitrogens with one attached hydrogen (secondary N) is 1. The van der Waals surface area contributed by atoms with Crippen LogP contribution in [0.2, 0.25) is 0 Å². The van der Waals surface area contributed by atoms with E-state index in [1.54, 1.807) is 0 Å². The van der Waals surface area contributed by atoms with Crippen LogP contribution in [0.4, 0.5) is 5.82 Å². The molecule has 1 heterocycles. The third kappa shape index (κ3) is 3.71. The second-order valence-corrected chi connectivity index (χ2v) is 4.71. The summed E-state index contributed by atoms with van der Waals surface area (Å²) in [5.41, 5.74) is 0.726. The molecule has 1 aromatic heterocycles. The van der Waals surface area contributed by atoms with Gasteiger partial charge in [0, 0.05) is 23.5 Å². The van der Waals surface area contributed by atoms with Gasteiger partial charge in [0.1, 0.15) is 11.6 Å². The molecule has 0 aliphatic carbocycles. The van der Waals surface area contributed by atoms with E-state index in [0.29, 0.717) is 11.8 Å². The molecule has 96 valence electrons. The van der Waals surface area contributed by atoms with Crippen LogP contribution in [0, 0.1) is 6.92 Å². The molecule has 1 aromatic rings. The number of halogens is 2. The monoisotopic (exact) mass is 275 g/mol. The second kappa shape index (κ2) is 6.41. The number of hydrogen-bond donors (Lipinski definition) is 1. The highest BCUT2D eigenvalue weighted by molar-refractivity contribution is 6.22. The Morgan fingerprint density at radius 3 is 2.35 bits per heavy atom.